The molecule has 150 valence electrons. The maximum atomic E-state index is 12.3. The molecule has 1 unspecified atom stereocenters. The van der Waals surface area contributed by atoms with Gasteiger partial charge in [-0.3, -0.25) is 9.67 Å². The molecule has 4 heterocycles. The summed E-state index contributed by atoms with van der Waals surface area (Å²) < 4.78 is 13.5. The maximum Gasteiger partial charge on any atom is 0.410 e. The SMILES string of the molecule is Cn1cc(-c2cc3c(cn2)OC(C2CCN(C(=O)OC(C)(C)C)CC2)C3)cn1. The zero-order valence-electron chi connectivity index (χ0n) is 17.0. The fourth-order valence-electron chi connectivity index (χ4n) is 3.93. The number of hydrogen-bond acceptors (Lipinski definition) is 5. The van der Waals surface area contributed by atoms with Crippen molar-refractivity contribution in [3.63, 3.8) is 0 Å². The van der Waals surface area contributed by atoms with E-state index in [4.69, 9.17) is 9.47 Å². The zero-order valence-corrected chi connectivity index (χ0v) is 17.0. The van der Waals surface area contributed by atoms with Crippen LogP contribution in [0.3, 0.4) is 0 Å². The number of carbonyl (C=O) groups is 1. The predicted molar refractivity (Wildman–Crippen MR) is 105 cm³/mol. The molecule has 7 heteroatoms. The quantitative estimate of drug-likeness (QED) is 0.793. The van der Waals surface area contributed by atoms with Gasteiger partial charge in [-0.15, -0.1) is 0 Å². The second-order valence-corrected chi connectivity index (χ2v) is 8.75. The van der Waals surface area contributed by atoms with Gasteiger partial charge in [-0.2, -0.15) is 5.10 Å². The highest BCUT2D eigenvalue weighted by Crippen LogP contribution is 2.36. The molecule has 1 amide bonds. The van der Waals surface area contributed by atoms with Crippen LogP contribution in [0.5, 0.6) is 5.75 Å². The summed E-state index contributed by atoms with van der Waals surface area (Å²) in [5.74, 6) is 1.32. The fourth-order valence-corrected chi connectivity index (χ4v) is 3.93. The first-order valence-electron chi connectivity index (χ1n) is 9.91. The van der Waals surface area contributed by atoms with Crippen molar-refractivity contribution in [2.75, 3.05) is 13.1 Å². The Morgan fingerprint density at radius 2 is 2.00 bits per heavy atom. The van der Waals surface area contributed by atoms with Crippen LogP contribution >= 0.6 is 0 Å². The summed E-state index contributed by atoms with van der Waals surface area (Å²) in [6.07, 6.45) is 8.31. The third kappa shape index (κ3) is 3.98. The monoisotopic (exact) mass is 384 g/mol. The first-order valence-corrected chi connectivity index (χ1v) is 9.91. The molecule has 2 aromatic rings. The standard InChI is InChI=1S/C21H28N4O3/c1-21(2,3)28-20(26)25-7-5-14(6-8-25)18-10-15-9-17(22-12-19(15)27-18)16-11-23-24(4)13-16/h9,11-14,18H,5-8,10H2,1-4H3. The number of aryl methyl sites for hydroxylation is 1. The molecule has 0 saturated carbocycles. The Kier molecular flexibility index (Phi) is 4.77. The molecule has 2 aromatic heterocycles. The average molecular weight is 384 g/mol. The number of pyridine rings is 1. The number of ether oxygens (including phenoxy) is 2. The molecular weight excluding hydrogens is 356 g/mol. The highest BCUT2D eigenvalue weighted by Gasteiger charge is 2.35. The van der Waals surface area contributed by atoms with Gasteiger partial charge in [-0.05, 0) is 45.6 Å². The van der Waals surface area contributed by atoms with E-state index in [2.05, 4.69) is 16.1 Å². The average Bonchev–Trinajstić information content (AvgIpc) is 3.26. The summed E-state index contributed by atoms with van der Waals surface area (Å²) in [6, 6.07) is 2.11. The van der Waals surface area contributed by atoms with Gasteiger partial charge >= 0.3 is 6.09 Å². The minimum atomic E-state index is -0.455. The number of nitrogens with zero attached hydrogens (tertiary/aromatic N) is 4. The van der Waals surface area contributed by atoms with E-state index in [9.17, 15) is 4.79 Å². The summed E-state index contributed by atoms with van der Waals surface area (Å²) in [7, 11) is 1.90. The first-order chi connectivity index (χ1) is 13.3. The Morgan fingerprint density at radius 3 is 2.64 bits per heavy atom. The van der Waals surface area contributed by atoms with Gasteiger partial charge in [0.25, 0.3) is 0 Å². The summed E-state index contributed by atoms with van der Waals surface area (Å²) in [5.41, 5.74) is 2.69. The van der Waals surface area contributed by atoms with Crippen molar-refractivity contribution >= 4 is 6.09 Å². The van der Waals surface area contributed by atoms with E-state index in [1.807, 2.05) is 51.3 Å². The van der Waals surface area contributed by atoms with E-state index in [1.54, 1.807) is 4.68 Å². The summed E-state index contributed by atoms with van der Waals surface area (Å²) in [6.45, 7) is 7.13. The normalized spacial score (nSPS) is 20.0. The summed E-state index contributed by atoms with van der Waals surface area (Å²) in [4.78, 5) is 18.6. The number of fused-ring (bicyclic) bond motifs is 1. The van der Waals surface area contributed by atoms with Gasteiger partial charge in [0.15, 0.2) is 0 Å². The lowest BCUT2D eigenvalue weighted by atomic mass is 9.89. The van der Waals surface area contributed by atoms with Crippen LogP contribution in [0, 0.1) is 5.92 Å². The van der Waals surface area contributed by atoms with Gasteiger partial charge in [-0.1, -0.05) is 0 Å². The van der Waals surface area contributed by atoms with Crippen molar-refractivity contribution < 1.29 is 14.3 Å². The zero-order chi connectivity index (χ0) is 19.9. The molecule has 2 aliphatic heterocycles. The Bertz CT molecular complexity index is 863. The van der Waals surface area contributed by atoms with E-state index in [0.717, 1.165) is 49.4 Å². The third-order valence-electron chi connectivity index (χ3n) is 5.37. The van der Waals surface area contributed by atoms with Gasteiger partial charge in [-0.25, -0.2) is 4.79 Å². The van der Waals surface area contributed by atoms with Gasteiger partial charge in [0.05, 0.1) is 18.1 Å². The number of piperidine rings is 1. The van der Waals surface area contributed by atoms with Crippen LogP contribution in [0.25, 0.3) is 11.3 Å². The fraction of sp³-hybridized carbons (Fsp3) is 0.571. The topological polar surface area (TPSA) is 69.5 Å². The number of carbonyl (C=O) groups excluding carboxylic acids is 1. The maximum absolute atomic E-state index is 12.3. The van der Waals surface area contributed by atoms with Gasteiger partial charge in [0.2, 0.25) is 0 Å². The van der Waals surface area contributed by atoms with Crippen molar-refractivity contribution in [1.29, 1.82) is 0 Å². The van der Waals surface area contributed by atoms with Gasteiger partial charge < -0.3 is 14.4 Å². The third-order valence-corrected chi connectivity index (χ3v) is 5.37. The molecule has 0 aromatic carbocycles. The molecular formula is C21H28N4O3. The van der Waals surface area contributed by atoms with Gasteiger partial charge in [0, 0.05) is 43.9 Å². The highest BCUT2D eigenvalue weighted by molar-refractivity contribution is 5.68. The molecule has 28 heavy (non-hydrogen) atoms. The van der Waals surface area contributed by atoms with E-state index in [-0.39, 0.29) is 12.2 Å². The Morgan fingerprint density at radius 1 is 1.25 bits per heavy atom. The van der Waals surface area contributed by atoms with Crippen LogP contribution in [0.15, 0.2) is 24.7 Å². The first kappa shape index (κ1) is 18.8. The smallest absolute Gasteiger partial charge is 0.410 e. The highest BCUT2D eigenvalue weighted by atomic mass is 16.6. The van der Waals surface area contributed by atoms with E-state index < -0.39 is 5.60 Å². The molecule has 0 bridgehead atoms. The van der Waals surface area contributed by atoms with Crippen LogP contribution in [-0.2, 0) is 18.2 Å². The van der Waals surface area contributed by atoms with Crippen LogP contribution in [0.1, 0.15) is 39.2 Å². The van der Waals surface area contributed by atoms with Crippen LogP contribution < -0.4 is 4.74 Å². The second-order valence-electron chi connectivity index (χ2n) is 8.75. The molecule has 0 aliphatic carbocycles. The largest absolute Gasteiger partial charge is 0.488 e. The van der Waals surface area contributed by atoms with Crippen LogP contribution in [0.4, 0.5) is 4.79 Å². The summed E-state index contributed by atoms with van der Waals surface area (Å²) >= 11 is 0. The number of rotatable bonds is 2. The van der Waals surface area contributed by atoms with Gasteiger partial charge in [0.1, 0.15) is 17.5 Å². The lowest BCUT2D eigenvalue weighted by Gasteiger charge is -2.35. The number of likely N-dealkylation sites (tertiary alicyclic amines) is 1. The molecule has 1 fully saturated rings. The van der Waals surface area contributed by atoms with Crippen LogP contribution in [-0.4, -0.2) is 50.6 Å². The van der Waals surface area contributed by atoms with Crippen molar-refractivity contribution in [3.8, 4) is 17.0 Å². The molecule has 4 rings (SSSR count). The minimum Gasteiger partial charge on any atom is -0.488 e. The predicted octanol–water partition coefficient (Wildman–Crippen LogP) is 3.43. The molecule has 7 nitrogen and oxygen atoms in total. The molecule has 0 N–H and O–H groups in total. The second kappa shape index (κ2) is 7.11. The van der Waals surface area contributed by atoms with E-state index in [0.29, 0.717) is 5.92 Å². The molecule has 0 radical (unpaired) electrons. The van der Waals surface area contributed by atoms with Crippen molar-refractivity contribution in [1.82, 2.24) is 19.7 Å². The molecule has 1 atom stereocenters. The lowest BCUT2D eigenvalue weighted by molar-refractivity contribution is 0.0123. The van der Waals surface area contributed by atoms with Crippen molar-refractivity contribution in [2.24, 2.45) is 13.0 Å². The number of amides is 1. The Balaban J connectivity index is 1.36. The number of aromatic nitrogens is 3. The van der Waals surface area contributed by atoms with Crippen molar-refractivity contribution in [3.05, 3.63) is 30.2 Å². The summed E-state index contributed by atoms with van der Waals surface area (Å²) in [5, 5.41) is 4.22. The Hall–Kier alpha value is -2.57. The van der Waals surface area contributed by atoms with E-state index in [1.165, 1.54) is 5.56 Å². The van der Waals surface area contributed by atoms with E-state index >= 15 is 0 Å². The molecule has 1 saturated heterocycles. The number of hydrogen-bond donors (Lipinski definition) is 0. The Labute approximate surface area is 165 Å². The minimum absolute atomic E-state index is 0.154. The lowest BCUT2D eigenvalue weighted by Crippen LogP contribution is -2.44. The van der Waals surface area contributed by atoms with Crippen molar-refractivity contribution in [2.45, 2.75) is 51.7 Å². The molecule has 0 spiro atoms. The van der Waals surface area contributed by atoms with Crippen LogP contribution in [0.2, 0.25) is 0 Å². The molecule has 2 aliphatic rings.